The highest BCUT2D eigenvalue weighted by molar-refractivity contribution is 7.15. The molecular formula is C14H11Cl2N5O2S. The second-order valence-electron chi connectivity index (χ2n) is 4.77. The molecule has 0 bridgehead atoms. The molecule has 0 spiro atoms. The molecule has 10 heteroatoms. The van der Waals surface area contributed by atoms with E-state index in [1.165, 1.54) is 17.4 Å². The highest BCUT2D eigenvalue weighted by Gasteiger charge is 2.16. The molecule has 2 amide bonds. The lowest BCUT2D eigenvalue weighted by Crippen LogP contribution is -2.19. The van der Waals surface area contributed by atoms with Crippen molar-refractivity contribution in [2.75, 3.05) is 10.6 Å². The monoisotopic (exact) mass is 383 g/mol. The maximum Gasteiger partial charge on any atom is 0.327 e. The molecule has 2 heterocycles. The van der Waals surface area contributed by atoms with Crippen molar-refractivity contribution in [3.8, 4) is 10.8 Å². The number of anilines is 2. The summed E-state index contributed by atoms with van der Waals surface area (Å²) >= 11 is 13.2. The molecule has 0 unspecified atom stereocenters. The summed E-state index contributed by atoms with van der Waals surface area (Å²) in [4.78, 5) is 17.0. The number of nitrogens with zero attached hydrogens (tertiary/aromatic N) is 3. The number of aryl methyl sites for hydroxylation is 2. The number of nitrogens with one attached hydrogen (secondary N) is 2. The fourth-order valence-electron chi connectivity index (χ4n) is 1.93. The van der Waals surface area contributed by atoms with E-state index >= 15 is 0 Å². The first-order valence-corrected chi connectivity index (χ1v) is 8.30. The van der Waals surface area contributed by atoms with Crippen LogP contribution in [-0.2, 0) is 0 Å². The van der Waals surface area contributed by atoms with Crippen molar-refractivity contribution in [1.29, 1.82) is 0 Å². The third-order valence-corrected chi connectivity index (χ3v) is 4.72. The maximum absolute atomic E-state index is 12.0. The average molecular weight is 384 g/mol. The first-order chi connectivity index (χ1) is 11.4. The number of aromatic nitrogens is 3. The van der Waals surface area contributed by atoms with Gasteiger partial charge in [0.1, 0.15) is 4.88 Å². The number of urea groups is 1. The van der Waals surface area contributed by atoms with Gasteiger partial charge < -0.3 is 9.73 Å². The van der Waals surface area contributed by atoms with Gasteiger partial charge in [0.05, 0.1) is 20.7 Å². The van der Waals surface area contributed by atoms with Crippen LogP contribution >= 0.6 is 34.5 Å². The molecular weight excluding hydrogens is 373 g/mol. The van der Waals surface area contributed by atoms with E-state index in [1.807, 2.05) is 13.8 Å². The number of hydrogen-bond acceptors (Lipinski definition) is 6. The minimum atomic E-state index is -0.541. The van der Waals surface area contributed by atoms with Gasteiger partial charge in [-0.3, -0.25) is 5.32 Å². The largest absolute Gasteiger partial charge is 0.402 e. The van der Waals surface area contributed by atoms with Crippen molar-refractivity contribution in [2.24, 2.45) is 0 Å². The molecule has 0 saturated heterocycles. The number of carbonyl (C=O) groups is 1. The standard InChI is InChI=1S/C14H11Cl2N5O2S/c1-6-11(24-7(2)17-6)12-20-21-14(23-12)19-13(22)18-8-3-4-9(15)10(16)5-8/h3-5H,1-2H3,(H2,18,19,21,22). The zero-order chi connectivity index (χ0) is 17.3. The number of halogens is 2. The Morgan fingerprint density at radius 2 is 1.96 bits per heavy atom. The number of amides is 2. The molecule has 7 nitrogen and oxygen atoms in total. The van der Waals surface area contributed by atoms with Gasteiger partial charge in [-0.25, -0.2) is 9.78 Å². The maximum atomic E-state index is 12.0. The summed E-state index contributed by atoms with van der Waals surface area (Å²) in [5, 5.41) is 14.4. The molecule has 0 saturated carbocycles. The molecule has 0 atom stereocenters. The topological polar surface area (TPSA) is 92.9 Å². The Bertz CT molecular complexity index is 908. The first-order valence-electron chi connectivity index (χ1n) is 6.73. The van der Waals surface area contributed by atoms with Gasteiger partial charge in [-0.1, -0.05) is 28.3 Å². The highest BCUT2D eigenvalue weighted by Crippen LogP contribution is 2.29. The summed E-state index contributed by atoms with van der Waals surface area (Å²) in [6, 6.07) is 4.18. The lowest BCUT2D eigenvalue weighted by Gasteiger charge is -2.05. The second kappa shape index (κ2) is 6.76. The molecule has 0 aliphatic rings. The molecule has 0 aliphatic carbocycles. The van der Waals surface area contributed by atoms with Gasteiger partial charge >= 0.3 is 12.0 Å². The van der Waals surface area contributed by atoms with Crippen molar-refractivity contribution in [1.82, 2.24) is 15.2 Å². The smallest absolute Gasteiger partial charge is 0.327 e. The van der Waals surface area contributed by atoms with Crippen LogP contribution in [0.2, 0.25) is 10.0 Å². The third kappa shape index (κ3) is 3.66. The zero-order valence-electron chi connectivity index (χ0n) is 12.6. The molecule has 3 rings (SSSR count). The van der Waals surface area contributed by atoms with E-state index in [-0.39, 0.29) is 6.01 Å². The molecule has 0 fully saturated rings. The Kier molecular flexibility index (Phi) is 4.70. The van der Waals surface area contributed by atoms with Crippen LogP contribution < -0.4 is 10.6 Å². The van der Waals surface area contributed by atoms with Crippen LogP contribution in [0.25, 0.3) is 10.8 Å². The van der Waals surface area contributed by atoms with Crippen LogP contribution in [0.5, 0.6) is 0 Å². The Balaban J connectivity index is 1.69. The Labute approximate surface area is 151 Å². The quantitative estimate of drug-likeness (QED) is 0.679. The molecule has 0 radical (unpaired) electrons. The fraction of sp³-hybridized carbons (Fsp3) is 0.143. The van der Waals surface area contributed by atoms with Crippen molar-refractivity contribution in [3.63, 3.8) is 0 Å². The van der Waals surface area contributed by atoms with Gasteiger partial charge in [-0.05, 0) is 32.0 Å². The van der Waals surface area contributed by atoms with E-state index in [0.29, 0.717) is 21.6 Å². The highest BCUT2D eigenvalue weighted by atomic mass is 35.5. The van der Waals surface area contributed by atoms with Crippen molar-refractivity contribution in [3.05, 3.63) is 38.9 Å². The minimum Gasteiger partial charge on any atom is -0.402 e. The van der Waals surface area contributed by atoms with Crippen LogP contribution in [0.3, 0.4) is 0 Å². The van der Waals surface area contributed by atoms with E-state index < -0.39 is 6.03 Å². The molecule has 2 N–H and O–H groups in total. The molecule has 124 valence electrons. The van der Waals surface area contributed by atoms with Gasteiger partial charge in [-0.15, -0.1) is 16.4 Å². The predicted octanol–water partition coefficient (Wildman–Crippen LogP) is 4.76. The summed E-state index contributed by atoms with van der Waals surface area (Å²) in [6.07, 6.45) is 0. The van der Waals surface area contributed by atoms with E-state index in [2.05, 4.69) is 25.8 Å². The molecule has 0 aliphatic heterocycles. The van der Waals surface area contributed by atoms with Crippen molar-refractivity contribution < 1.29 is 9.21 Å². The zero-order valence-corrected chi connectivity index (χ0v) is 14.9. The Morgan fingerprint density at radius 1 is 1.17 bits per heavy atom. The second-order valence-corrected chi connectivity index (χ2v) is 6.79. The summed E-state index contributed by atoms with van der Waals surface area (Å²) < 4.78 is 5.44. The summed E-state index contributed by atoms with van der Waals surface area (Å²) in [5.41, 5.74) is 1.28. The number of hydrogen-bond donors (Lipinski definition) is 2. The van der Waals surface area contributed by atoms with Crippen LogP contribution in [0, 0.1) is 13.8 Å². The van der Waals surface area contributed by atoms with E-state index in [4.69, 9.17) is 27.6 Å². The fourth-order valence-corrected chi connectivity index (χ4v) is 3.07. The van der Waals surface area contributed by atoms with Crippen molar-refractivity contribution in [2.45, 2.75) is 13.8 Å². The van der Waals surface area contributed by atoms with Crippen molar-refractivity contribution >= 4 is 52.3 Å². The van der Waals surface area contributed by atoms with E-state index in [1.54, 1.807) is 12.1 Å². The molecule has 2 aromatic heterocycles. The molecule has 24 heavy (non-hydrogen) atoms. The van der Waals surface area contributed by atoms with Crippen LogP contribution in [0.4, 0.5) is 16.5 Å². The number of carbonyl (C=O) groups excluding carboxylic acids is 1. The lowest BCUT2D eigenvalue weighted by atomic mass is 10.3. The van der Waals surface area contributed by atoms with Gasteiger partial charge in [0.2, 0.25) is 0 Å². The summed E-state index contributed by atoms with van der Waals surface area (Å²) in [5.74, 6) is 0.308. The van der Waals surface area contributed by atoms with Gasteiger partial charge in [0, 0.05) is 5.69 Å². The van der Waals surface area contributed by atoms with Crippen LogP contribution in [0.1, 0.15) is 10.7 Å². The summed E-state index contributed by atoms with van der Waals surface area (Å²) in [6.45, 7) is 3.74. The van der Waals surface area contributed by atoms with Crippen LogP contribution in [0.15, 0.2) is 22.6 Å². The van der Waals surface area contributed by atoms with Gasteiger partial charge in [-0.2, -0.15) is 0 Å². The lowest BCUT2D eigenvalue weighted by molar-refractivity contribution is 0.261. The SMILES string of the molecule is Cc1nc(C)c(-c2nnc(NC(=O)Nc3ccc(Cl)c(Cl)c3)o2)s1. The number of thiazole rings is 1. The van der Waals surface area contributed by atoms with Gasteiger partial charge in [0.15, 0.2) is 0 Å². The molecule has 1 aromatic carbocycles. The predicted molar refractivity (Wildman–Crippen MR) is 94.0 cm³/mol. The molecule has 3 aromatic rings. The summed E-state index contributed by atoms with van der Waals surface area (Å²) in [7, 11) is 0. The first kappa shape index (κ1) is 16.7. The van der Waals surface area contributed by atoms with Crippen LogP contribution in [-0.4, -0.2) is 21.2 Å². The number of rotatable bonds is 3. The van der Waals surface area contributed by atoms with Gasteiger partial charge in [0.25, 0.3) is 5.89 Å². The third-order valence-electron chi connectivity index (χ3n) is 2.92. The normalized spacial score (nSPS) is 10.7. The average Bonchev–Trinajstić information content (AvgIpc) is 3.09. The minimum absolute atomic E-state index is 0.0204. The Morgan fingerprint density at radius 3 is 2.62 bits per heavy atom. The van der Waals surface area contributed by atoms with E-state index in [9.17, 15) is 4.79 Å². The Hall–Kier alpha value is -2.16. The number of benzene rings is 1. The van der Waals surface area contributed by atoms with E-state index in [0.717, 1.165) is 15.6 Å².